The summed E-state index contributed by atoms with van der Waals surface area (Å²) in [5.74, 6) is 0.626. The van der Waals surface area contributed by atoms with E-state index in [4.69, 9.17) is 0 Å². The van der Waals surface area contributed by atoms with Crippen molar-refractivity contribution in [2.45, 2.75) is 38.5 Å². The van der Waals surface area contributed by atoms with Crippen molar-refractivity contribution >= 4 is 10.2 Å². The van der Waals surface area contributed by atoms with Crippen LogP contribution in [-0.2, 0) is 10.2 Å². The third-order valence-electron chi connectivity index (χ3n) is 4.28. The van der Waals surface area contributed by atoms with Gasteiger partial charge in [0.1, 0.15) is 0 Å². The fraction of sp³-hybridized carbons (Fsp3) is 1.00. The van der Waals surface area contributed by atoms with Crippen molar-refractivity contribution in [1.82, 2.24) is 13.9 Å². The molecule has 0 aromatic heterocycles. The third-order valence-corrected chi connectivity index (χ3v) is 6.32. The Balaban J connectivity index is 1.92. The van der Waals surface area contributed by atoms with Gasteiger partial charge in [-0.15, -0.1) is 0 Å². The minimum atomic E-state index is -3.20. The molecule has 0 saturated carbocycles. The minimum absolute atomic E-state index is 0.626. The predicted octanol–water partition coefficient (Wildman–Crippen LogP) is 1.04. The van der Waals surface area contributed by atoms with Gasteiger partial charge in [0.2, 0.25) is 0 Å². The molecule has 5 nitrogen and oxygen atoms in total. The molecule has 1 N–H and O–H groups in total. The van der Waals surface area contributed by atoms with Gasteiger partial charge in [-0.2, -0.15) is 17.0 Å². The highest BCUT2D eigenvalue weighted by atomic mass is 32.2. The molecule has 19 heavy (non-hydrogen) atoms. The first-order valence-corrected chi connectivity index (χ1v) is 8.94. The number of nitrogens with one attached hydrogen (secondary N) is 1. The molecule has 112 valence electrons. The molecule has 2 aliphatic heterocycles. The van der Waals surface area contributed by atoms with Gasteiger partial charge in [-0.25, -0.2) is 0 Å². The van der Waals surface area contributed by atoms with Gasteiger partial charge in [-0.1, -0.05) is 12.8 Å². The van der Waals surface area contributed by atoms with Gasteiger partial charge < -0.3 is 5.32 Å². The maximum absolute atomic E-state index is 12.6. The summed E-state index contributed by atoms with van der Waals surface area (Å²) in [6.07, 6.45) is 6.30. The molecule has 2 aliphatic rings. The van der Waals surface area contributed by atoms with Gasteiger partial charge >= 0.3 is 0 Å². The summed E-state index contributed by atoms with van der Waals surface area (Å²) in [4.78, 5) is 0. The van der Waals surface area contributed by atoms with Crippen molar-refractivity contribution in [2.75, 3.05) is 39.8 Å². The maximum Gasteiger partial charge on any atom is 0.281 e. The topological polar surface area (TPSA) is 52.7 Å². The number of hydrogen-bond acceptors (Lipinski definition) is 3. The van der Waals surface area contributed by atoms with Crippen LogP contribution in [0.4, 0.5) is 0 Å². The summed E-state index contributed by atoms with van der Waals surface area (Å²) in [6, 6.07) is 0. The molecule has 0 aliphatic carbocycles. The number of nitrogens with zero attached hydrogens (tertiary/aromatic N) is 2. The number of rotatable bonds is 4. The molecule has 2 fully saturated rings. The van der Waals surface area contributed by atoms with E-state index in [2.05, 4.69) is 5.32 Å². The van der Waals surface area contributed by atoms with E-state index in [9.17, 15) is 8.42 Å². The van der Waals surface area contributed by atoms with Gasteiger partial charge in [-0.3, -0.25) is 0 Å². The maximum atomic E-state index is 12.6. The lowest BCUT2D eigenvalue weighted by Crippen LogP contribution is -2.48. The Morgan fingerprint density at radius 2 is 1.47 bits per heavy atom. The fourth-order valence-corrected chi connectivity index (χ4v) is 4.79. The van der Waals surface area contributed by atoms with Crippen LogP contribution in [0.1, 0.15) is 38.5 Å². The quantitative estimate of drug-likeness (QED) is 0.841. The predicted molar refractivity (Wildman–Crippen MR) is 77.2 cm³/mol. The lowest BCUT2D eigenvalue weighted by molar-refractivity contribution is 0.252. The summed E-state index contributed by atoms with van der Waals surface area (Å²) in [5.41, 5.74) is 0. The van der Waals surface area contributed by atoms with E-state index in [0.29, 0.717) is 32.1 Å². The molecule has 2 rings (SSSR count). The van der Waals surface area contributed by atoms with Crippen LogP contribution in [0.25, 0.3) is 0 Å². The molecule has 2 saturated heterocycles. The second-order valence-electron chi connectivity index (χ2n) is 5.72. The second kappa shape index (κ2) is 7.02. The van der Waals surface area contributed by atoms with Crippen LogP contribution in [0.5, 0.6) is 0 Å². The summed E-state index contributed by atoms with van der Waals surface area (Å²) in [7, 11) is -1.24. The smallest absolute Gasteiger partial charge is 0.281 e. The number of hydrogen-bond donors (Lipinski definition) is 1. The monoisotopic (exact) mass is 289 g/mol. The number of piperidine rings is 1. The Hall–Kier alpha value is -0.170. The Kier molecular flexibility index (Phi) is 5.62. The van der Waals surface area contributed by atoms with E-state index in [1.807, 2.05) is 7.05 Å². The highest BCUT2D eigenvalue weighted by Gasteiger charge is 2.32. The molecule has 0 atom stereocenters. The minimum Gasteiger partial charge on any atom is -0.319 e. The Bertz CT molecular complexity index is 356. The molecule has 0 unspecified atom stereocenters. The van der Waals surface area contributed by atoms with Crippen LogP contribution in [-0.4, -0.2) is 56.8 Å². The normalized spacial score (nSPS) is 25.3. The largest absolute Gasteiger partial charge is 0.319 e. The molecular weight excluding hydrogens is 262 g/mol. The van der Waals surface area contributed by atoms with Gasteiger partial charge in [0.25, 0.3) is 10.2 Å². The SMILES string of the molecule is CNCC1CCN(S(=O)(=O)N2CCCCCC2)CC1. The summed E-state index contributed by atoms with van der Waals surface area (Å²) >= 11 is 0. The average Bonchev–Trinajstić information content (AvgIpc) is 2.69. The van der Waals surface area contributed by atoms with Crippen LogP contribution in [0.15, 0.2) is 0 Å². The van der Waals surface area contributed by atoms with Crippen molar-refractivity contribution in [3.8, 4) is 0 Å². The third kappa shape index (κ3) is 3.90. The molecule has 0 spiro atoms. The standard InChI is InChI=1S/C13H27N3O2S/c1-14-12-13-6-10-16(11-7-13)19(17,18)15-8-4-2-3-5-9-15/h13-14H,2-12H2,1H3. The van der Waals surface area contributed by atoms with Gasteiger partial charge in [0.05, 0.1) is 0 Å². The van der Waals surface area contributed by atoms with Crippen molar-refractivity contribution in [1.29, 1.82) is 0 Å². The van der Waals surface area contributed by atoms with Crippen LogP contribution in [0, 0.1) is 5.92 Å². The van der Waals surface area contributed by atoms with Crippen molar-refractivity contribution in [2.24, 2.45) is 5.92 Å². The molecule has 0 aromatic carbocycles. The zero-order valence-electron chi connectivity index (χ0n) is 12.0. The lowest BCUT2D eigenvalue weighted by atomic mass is 9.98. The summed E-state index contributed by atoms with van der Waals surface area (Å²) in [6.45, 7) is 3.78. The first-order chi connectivity index (χ1) is 9.14. The van der Waals surface area contributed by atoms with Gasteiger partial charge in [-0.05, 0) is 45.2 Å². The second-order valence-corrected chi connectivity index (χ2v) is 7.65. The first kappa shape index (κ1) is 15.2. The molecule has 2 heterocycles. The molecule has 6 heteroatoms. The van der Waals surface area contributed by atoms with Crippen molar-refractivity contribution in [3.63, 3.8) is 0 Å². The summed E-state index contributed by atoms with van der Waals surface area (Å²) in [5, 5.41) is 3.18. The van der Waals surface area contributed by atoms with Crippen LogP contribution in [0.3, 0.4) is 0 Å². The molecule has 0 bridgehead atoms. The van der Waals surface area contributed by atoms with Crippen molar-refractivity contribution in [3.05, 3.63) is 0 Å². The summed E-state index contributed by atoms with van der Waals surface area (Å²) < 4.78 is 28.6. The zero-order valence-corrected chi connectivity index (χ0v) is 12.8. The Labute approximate surface area is 117 Å². The van der Waals surface area contributed by atoms with E-state index in [-0.39, 0.29) is 0 Å². The zero-order chi connectivity index (χ0) is 13.7. The molecule has 0 amide bonds. The molecule has 0 radical (unpaired) electrons. The highest BCUT2D eigenvalue weighted by molar-refractivity contribution is 7.86. The Morgan fingerprint density at radius 3 is 2.00 bits per heavy atom. The highest BCUT2D eigenvalue weighted by Crippen LogP contribution is 2.22. The first-order valence-electron chi connectivity index (χ1n) is 7.54. The van der Waals surface area contributed by atoms with E-state index < -0.39 is 10.2 Å². The van der Waals surface area contributed by atoms with Crippen LogP contribution in [0.2, 0.25) is 0 Å². The van der Waals surface area contributed by atoms with Gasteiger partial charge in [0.15, 0.2) is 0 Å². The van der Waals surface area contributed by atoms with E-state index >= 15 is 0 Å². The van der Waals surface area contributed by atoms with Gasteiger partial charge in [0, 0.05) is 26.2 Å². The molecule has 0 aromatic rings. The van der Waals surface area contributed by atoms with E-state index in [0.717, 1.165) is 45.1 Å². The average molecular weight is 289 g/mol. The van der Waals surface area contributed by atoms with E-state index in [1.165, 1.54) is 0 Å². The van der Waals surface area contributed by atoms with Crippen LogP contribution < -0.4 is 5.32 Å². The van der Waals surface area contributed by atoms with Crippen LogP contribution >= 0.6 is 0 Å². The van der Waals surface area contributed by atoms with E-state index in [1.54, 1.807) is 8.61 Å². The molecular formula is C13H27N3O2S. The lowest BCUT2D eigenvalue weighted by Gasteiger charge is -2.34. The fourth-order valence-electron chi connectivity index (χ4n) is 3.07. The Morgan fingerprint density at radius 1 is 0.947 bits per heavy atom. The van der Waals surface area contributed by atoms with Crippen molar-refractivity contribution < 1.29 is 8.42 Å².